The van der Waals surface area contributed by atoms with Crippen LogP contribution in [-0.2, 0) is 19.4 Å². The molecule has 0 bridgehead atoms. The van der Waals surface area contributed by atoms with E-state index in [0.717, 1.165) is 6.26 Å². The zero-order valence-electron chi connectivity index (χ0n) is 13.0. The number of hydrogen-bond acceptors (Lipinski definition) is 6. The highest BCUT2D eigenvalue weighted by Crippen LogP contribution is 2.17. The van der Waals surface area contributed by atoms with Crippen LogP contribution in [0.15, 0.2) is 18.3 Å². The highest BCUT2D eigenvalue weighted by atomic mass is 32.2. The van der Waals surface area contributed by atoms with Crippen LogP contribution in [0.2, 0.25) is 0 Å². The normalized spacial score (nSPS) is 11.8. The standard InChI is InChI=1S/C14H20N2O5S/c1-14(2,3)21-13(18)10-6-5-8-15-12(10)16-11(17)7-9-22(4,19)20/h5-6,8H,7,9H2,1-4H3,(H,15,16,17). The summed E-state index contributed by atoms with van der Waals surface area (Å²) in [6.07, 6.45) is 2.26. The van der Waals surface area contributed by atoms with Crippen LogP contribution in [0.25, 0.3) is 0 Å². The molecule has 0 aliphatic carbocycles. The molecule has 122 valence electrons. The van der Waals surface area contributed by atoms with Crippen molar-refractivity contribution < 1.29 is 22.7 Å². The number of carbonyl (C=O) groups is 2. The molecule has 7 nitrogen and oxygen atoms in total. The molecule has 0 saturated heterocycles. The average Bonchev–Trinajstić information content (AvgIpc) is 2.34. The second-order valence-electron chi connectivity index (χ2n) is 5.83. The second kappa shape index (κ2) is 6.87. The van der Waals surface area contributed by atoms with Crippen molar-refractivity contribution in [1.82, 2.24) is 4.98 Å². The largest absolute Gasteiger partial charge is 0.456 e. The van der Waals surface area contributed by atoms with Gasteiger partial charge in [0.1, 0.15) is 26.8 Å². The smallest absolute Gasteiger partial charge is 0.342 e. The van der Waals surface area contributed by atoms with Crippen LogP contribution in [0.1, 0.15) is 37.6 Å². The fourth-order valence-electron chi connectivity index (χ4n) is 1.48. The van der Waals surface area contributed by atoms with Crippen molar-refractivity contribution >= 4 is 27.5 Å². The first kappa shape index (κ1) is 18.1. The van der Waals surface area contributed by atoms with E-state index in [-0.39, 0.29) is 23.6 Å². The number of pyridine rings is 1. The van der Waals surface area contributed by atoms with Crippen molar-refractivity contribution in [2.45, 2.75) is 32.8 Å². The van der Waals surface area contributed by atoms with E-state index >= 15 is 0 Å². The molecule has 0 fully saturated rings. The number of sulfone groups is 1. The molecule has 0 saturated carbocycles. The van der Waals surface area contributed by atoms with Gasteiger partial charge in [0.25, 0.3) is 0 Å². The van der Waals surface area contributed by atoms with Crippen molar-refractivity contribution in [2.75, 3.05) is 17.3 Å². The van der Waals surface area contributed by atoms with Gasteiger partial charge in [0, 0.05) is 18.9 Å². The monoisotopic (exact) mass is 328 g/mol. The quantitative estimate of drug-likeness (QED) is 0.820. The van der Waals surface area contributed by atoms with Crippen LogP contribution in [0.3, 0.4) is 0 Å². The predicted octanol–water partition coefficient (Wildman–Crippen LogP) is 1.41. The highest BCUT2D eigenvalue weighted by molar-refractivity contribution is 7.90. The number of anilines is 1. The molecule has 0 aliphatic heterocycles. The van der Waals surface area contributed by atoms with Gasteiger partial charge in [-0.1, -0.05) is 0 Å². The summed E-state index contributed by atoms with van der Waals surface area (Å²) in [6.45, 7) is 5.18. The Bertz CT molecular complexity index is 662. The van der Waals surface area contributed by atoms with Gasteiger partial charge in [0.15, 0.2) is 0 Å². The Hall–Kier alpha value is -1.96. The molecule has 0 spiro atoms. The van der Waals surface area contributed by atoms with Gasteiger partial charge in [0.2, 0.25) is 5.91 Å². The number of esters is 1. The highest BCUT2D eigenvalue weighted by Gasteiger charge is 2.21. The van der Waals surface area contributed by atoms with Crippen molar-refractivity contribution in [2.24, 2.45) is 0 Å². The summed E-state index contributed by atoms with van der Waals surface area (Å²) in [5, 5.41) is 2.43. The molecule has 0 atom stereocenters. The van der Waals surface area contributed by atoms with Crippen molar-refractivity contribution in [1.29, 1.82) is 0 Å². The molecule has 1 aromatic rings. The summed E-state index contributed by atoms with van der Waals surface area (Å²) in [5.41, 5.74) is -0.560. The average molecular weight is 328 g/mol. The third-order valence-corrected chi connectivity index (χ3v) is 3.33. The van der Waals surface area contributed by atoms with Gasteiger partial charge < -0.3 is 10.1 Å². The van der Waals surface area contributed by atoms with Crippen molar-refractivity contribution in [3.05, 3.63) is 23.9 Å². The number of ether oxygens (including phenoxy) is 1. The molecule has 1 amide bonds. The number of amides is 1. The topological polar surface area (TPSA) is 102 Å². The molecule has 22 heavy (non-hydrogen) atoms. The number of nitrogens with one attached hydrogen (secondary N) is 1. The lowest BCUT2D eigenvalue weighted by atomic mass is 10.2. The number of aromatic nitrogens is 1. The van der Waals surface area contributed by atoms with E-state index in [1.165, 1.54) is 12.3 Å². The van der Waals surface area contributed by atoms with Gasteiger partial charge in [-0.2, -0.15) is 0 Å². The fourth-order valence-corrected chi connectivity index (χ4v) is 2.03. The lowest BCUT2D eigenvalue weighted by Crippen LogP contribution is -2.25. The van der Waals surface area contributed by atoms with E-state index < -0.39 is 27.3 Å². The van der Waals surface area contributed by atoms with Gasteiger partial charge in [-0.25, -0.2) is 18.2 Å². The van der Waals surface area contributed by atoms with Crippen LogP contribution < -0.4 is 5.32 Å². The maximum absolute atomic E-state index is 12.1. The Labute approximate surface area is 130 Å². The Balaban J connectivity index is 2.84. The van der Waals surface area contributed by atoms with Crippen LogP contribution in [0.5, 0.6) is 0 Å². The van der Waals surface area contributed by atoms with Crippen LogP contribution >= 0.6 is 0 Å². The third kappa shape index (κ3) is 6.66. The van der Waals surface area contributed by atoms with Gasteiger partial charge in [0.05, 0.1) is 5.75 Å². The first-order chi connectivity index (χ1) is 9.98. The molecule has 1 rings (SSSR count). The van der Waals surface area contributed by atoms with Crippen LogP contribution in [0, 0.1) is 0 Å². The van der Waals surface area contributed by atoms with E-state index in [4.69, 9.17) is 4.74 Å². The summed E-state index contributed by atoms with van der Waals surface area (Å²) in [7, 11) is -3.23. The van der Waals surface area contributed by atoms with Gasteiger partial charge >= 0.3 is 5.97 Å². The minimum atomic E-state index is -3.23. The van der Waals surface area contributed by atoms with Crippen LogP contribution in [-0.4, -0.2) is 42.9 Å². The second-order valence-corrected chi connectivity index (χ2v) is 8.09. The molecule has 0 aliphatic rings. The lowest BCUT2D eigenvalue weighted by Gasteiger charge is -2.20. The van der Waals surface area contributed by atoms with E-state index in [0.29, 0.717) is 0 Å². The van der Waals surface area contributed by atoms with Gasteiger partial charge in [-0.05, 0) is 32.9 Å². The molecule has 0 aromatic carbocycles. The SMILES string of the molecule is CC(C)(C)OC(=O)c1cccnc1NC(=O)CCS(C)(=O)=O. The molecular weight excluding hydrogens is 308 g/mol. The minimum Gasteiger partial charge on any atom is -0.456 e. The number of hydrogen-bond donors (Lipinski definition) is 1. The van der Waals surface area contributed by atoms with E-state index in [1.807, 2.05) is 0 Å². The Morgan fingerprint density at radius 3 is 2.50 bits per heavy atom. The zero-order valence-corrected chi connectivity index (χ0v) is 13.9. The first-order valence-electron chi connectivity index (χ1n) is 6.64. The van der Waals surface area contributed by atoms with Gasteiger partial charge in [-0.3, -0.25) is 4.79 Å². The first-order valence-corrected chi connectivity index (χ1v) is 8.70. The number of nitrogens with zero attached hydrogens (tertiary/aromatic N) is 1. The van der Waals surface area contributed by atoms with Crippen LogP contribution in [0.4, 0.5) is 5.82 Å². The van der Waals surface area contributed by atoms with E-state index in [2.05, 4.69) is 10.3 Å². The van der Waals surface area contributed by atoms with Crippen molar-refractivity contribution in [3.63, 3.8) is 0 Å². The summed E-state index contributed by atoms with van der Waals surface area (Å²) >= 11 is 0. The molecule has 0 unspecified atom stereocenters. The Kier molecular flexibility index (Phi) is 5.65. The maximum Gasteiger partial charge on any atom is 0.342 e. The summed E-state index contributed by atoms with van der Waals surface area (Å²) in [4.78, 5) is 27.8. The molecule has 8 heteroatoms. The predicted molar refractivity (Wildman–Crippen MR) is 82.4 cm³/mol. The molecule has 0 radical (unpaired) electrons. The molecule has 1 aromatic heterocycles. The van der Waals surface area contributed by atoms with E-state index in [1.54, 1.807) is 26.8 Å². The van der Waals surface area contributed by atoms with Crippen molar-refractivity contribution in [3.8, 4) is 0 Å². The zero-order chi connectivity index (χ0) is 17.0. The lowest BCUT2D eigenvalue weighted by molar-refractivity contribution is -0.115. The molecular formula is C14H20N2O5S. The number of carbonyl (C=O) groups excluding carboxylic acids is 2. The fraction of sp³-hybridized carbons (Fsp3) is 0.500. The Morgan fingerprint density at radius 1 is 1.32 bits per heavy atom. The maximum atomic E-state index is 12.1. The Morgan fingerprint density at radius 2 is 1.95 bits per heavy atom. The number of rotatable bonds is 5. The van der Waals surface area contributed by atoms with E-state index in [9.17, 15) is 18.0 Å². The summed E-state index contributed by atoms with van der Waals surface area (Å²) in [5.74, 6) is -1.36. The minimum absolute atomic E-state index is 0.0512. The summed E-state index contributed by atoms with van der Waals surface area (Å²) < 4.78 is 27.3. The molecule has 1 N–H and O–H groups in total. The van der Waals surface area contributed by atoms with Gasteiger partial charge in [-0.15, -0.1) is 0 Å². The summed E-state index contributed by atoms with van der Waals surface area (Å²) in [6, 6.07) is 3.03. The molecule has 1 heterocycles. The third-order valence-electron chi connectivity index (χ3n) is 2.38.